The van der Waals surface area contributed by atoms with Crippen LogP contribution < -0.4 is 20.2 Å². The molecule has 1 unspecified atom stereocenters. The first-order valence-electron chi connectivity index (χ1n) is 8.97. The van der Waals surface area contributed by atoms with Gasteiger partial charge < -0.3 is 14.8 Å². The molecule has 0 saturated heterocycles. The summed E-state index contributed by atoms with van der Waals surface area (Å²) in [5.74, 6) is 0.235. The number of hydrogen-bond donors (Lipinski definition) is 2. The van der Waals surface area contributed by atoms with Crippen molar-refractivity contribution in [2.75, 3.05) is 14.2 Å². The van der Waals surface area contributed by atoms with E-state index in [1.54, 1.807) is 49.6 Å². The van der Waals surface area contributed by atoms with Gasteiger partial charge in [-0.15, -0.1) is 0 Å². The molecule has 2 rings (SSSR count). The number of amides is 2. The molecule has 7 nitrogen and oxygen atoms in total. The molecule has 0 aliphatic carbocycles. The summed E-state index contributed by atoms with van der Waals surface area (Å²) in [6, 6.07) is 11.0. The minimum absolute atomic E-state index is 0.153. The van der Waals surface area contributed by atoms with E-state index in [9.17, 15) is 9.59 Å². The first kappa shape index (κ1) is 22.2. The Morgan fingerprint density at radius 2 is 1.86 bits per heavy atom. The predicted molar refractivity (Wildman–Crippen MR) is 113 cm³/mol. The number of hydrogen-bond acceptors (Lipinski definition) is 5. The second-order valence-corrected chi connectivity index (χ2v) is 6.98. The smallest absolute Gasteiger partial charge is 0.262 e. The monoisotopic (exact) mass is 417 g/mol. The quantitative estimate of drug-likeness (QED) is 0.509. The highest BCUT2D eigenvalue weighted by atomic mass is 35.5. The van der Waals surface area contributed by atoms with E-state index in [4.69, 9.17) is 21.1 Å². The van der Waals surface area contributed by atoms with Crippen LogP contribution in [-0.2, 0) is 4.79 Å². The van der Waals surface area contributed by atoms with Gasteiger partial charge in [0.25, 0.3) is 11.8 Å². The molecule has 0 bridgehead atoms. The molecule has 0 aromatic heterocycles. The molecule has 0 radical (unpaired) electrons. The van der Waals surface area contributed by atoms with Gasteiger partial charge in [0.1, 0.15) is 17.5 Å². The van der Waals surface area contributed by atoms with Crippen LogP contribution in [0.3, 0.4) is 0 Å². The Morgan fingerprint density at radius 1 is 1.10 bits per heavy atom. The van der Waals surface area contributed by atoms with E-state index in [1.807, 2.05) is 13.8 Å². The summed E-state index contributed by atoms with van der Waals surface area (Å²) >= 11 is 5.93. The fourth-order valence-electron chi connectivity index (χ4n) is 2.56. The zero-order chi connectivity index (χ0) is 21.4. The van der Waals surface area contributed by atoms with Crippen LogP contribution in [-0.4, -0.2) is 38.3 Å². The predicted octanol–water partition coefficient (Wildman–Crippen LogP) is 3.26. The van der Waals surface area contributed by atoms with E-state index in [0.29, 0.717) is 27.6 Å². The van der Waals surface area contributed by atoms with Crippen LogP contribution in [0.1, 0.15) is 29.8 Å². The lowest BCUT2D eigenvalue weighted by molar-refractivity contribution is -0.123. The van der Waals surface area contributed by atoms with Gasteiger partial charge >= 0.3 is 0 Å². The highest BCUT2D eigenvalue weighted by molar-refractivity contribution is 6.31. The van der Waals surface area contributed by atoms with Crippen molar-refractivity contribution in [2.24, 2.45) is 11.0 Å². The summed E-state index contributed by atoms with van der Waals surface area (Å²) in [4.78, 5) is 25.0. The molecule has 2 aromatic rings. The first-order chi connectivity index (χ1) is 13.8. The topological polar surface area (TPSA) is 89.0 Å². The number of nitrogens with one attached hydrogen (secondary N) is 2. The number of carbonyl (C=O) groups is 2. The fourth-order valence-corrected chi connectivity index (χ4v) is 2.75. The standard InChI is InChI=1S/C21H24ClN3O4/c1-13(2)19(24-20(26)14-6-5-7-16(22)10-14)21(27)25-23-12-15-11-17(28-3)8-9-18(15)29-4/h5-13,19H,1-4H3,(H,24,26)(H,25,27). The fraction of sp³-hybridized carbons (Fsp3) is 0.286. The zero-order valence-corrected chi connectivity index (χ0v) is 17.5. The molecule has 0 aliphatic heterocycles. The van der Waals surface area contributed by atoms with Gasteiger partial charge in [-0.1, -0.05) is 31.5 Å². The van der Waals surface area contributed by atoms with Crippen LogP contribution in [0, 0.1) is 5.92 Å². The number of ether oxygens (including phenoxy) is 2. The van der Waals surface area contributed by atoms with E-state index >= 15 is 0 Å². The minimum Gasteiger partial charge on any atom is -0.497 e. The maximum absolute atomic E-state index is 12.6. The van der Waals surface area contributed by atoms with Crippen LogP contribution in [0.2, 0.25) is 5.02 Å². The van der Waals surface area contributed by atoms with Gasteiger partial charge in [-0.25, -0.2) is 5.43 Å². The number of methoxy groups -OCH3 is 2. The van der Waals surface area contributed by atoms with Gasteiger partial charge in [0.15, 0.2) is 0 Å². The lowest BCUT2D eigenvalue weighted by Crippen LogP contribution is -2.48. The Labute approximate surface area is 175 Å². The Balaban J connectivity index is 2.08. The molecule has 29 heavy (non-hydrogen) atoms. The van der Waals surface area contributed by atoms with Crippen LogP contribution in [0.5, 0.6) is 11.5 Å². The van der Waals surface area contributed by atoms with E-state index in [-0.39, 0.29) is 11.8 Å². The van der Waals surface area contributed by atoms with Crippen molar-refractivity contribution >= 4 is 29.6 Å². The summed E-state index contributed by atoms with van der Waals surface area (Å²) in [5.41, 5.74) is 3.47. The number of halogens is 1. The van der Waals surface area contributed by atoms with Crippen LogP contribution in [0.4, 0.5) is 0 Å². The third-order valence-corrected chi connectivity index (χ3v) is 4.37. The number of benzene rings is 2. The molecule has 2 N–H and O–H groups in total. The van der Waals surface area contributed by atoms with E-state index in [1.165, 1.54) is 13.3 Å². The Bertz CT molecular complexity index is 899. The Kier molecular flexibility index (Phi) is 8.03. The van der Waals surface area contributed by atoms with Crippen molar-refractivity contribution in [1.82, 2.24) is 10.7 Å². The second kappa shape index (κ2) is 10.5. The van der Waals surface area contributed by atoms with Crippen molar-refractivity contribution in [3.63, 3.8) is 0 Å². The van der Waals surface area contributed by atoms with Crippen molar-refractivity contribution in [3.8, 4) is 11.5 Å². The van der Waals surface area contributed by atoms with Crippen molar-refractivity contribution < 1.29 is 19.1 Å². The van der Waals surface area contributed by atoms with Gasteiger partial charge in [-0.3, -0.25) is 9.59 Å². The highest BCUT2D eigenvalue weighted by Gasteiger charge is 2.24. The number of nitrogens with zero attached hydrogens (tertiary/aromatic N) is 1. The number of hydrazone groups is 1. The van der Waals surface area contributed by atoms with Crippen LogP contribution >= 0.6 is 11.6 Å². The van der Waals surface area contributed by atoms with Crippen molar-refractivity contribution in [3.05, 3.63) is 58.6 Å². The molecule has 8 heteroatoms. The molecular weight excluding hydrogens is 394 g/mol. The molecular formula is C21H24ClN3O4. The Hall–Kier alpha value is -3.06. The molecule has 0 fully saturated rings. The average molecular weight is 418 g/mol. The summed E-state index contributed by atoms with van der Waals surface area (Å²) < 4.78 is 10.5. The minimum atomic E-state index is -0.772. The van der Waals surface area contributed by atoms with Gasteiger partial charge in [-0.2, -0.15) is 5.10 Å². The number of carbonyl (C=O) groups excluding carboxylic acids is 2. The lowest BCUT2D eigenvalue weighted by Gasteiger charge is -2.20. The van der Waals surface area contributed by atoms with Gasteiger partial charge in [0.2, 0.25) is 0 Å². The van der Waals surface area contributed by atoms with E-state index in [0.717, 1.165) is 0 Å². The zero-order valence-electron chi connectivity index (χ0n) is 16.7. The summed E-state index contributed by atoms with van der Waals surface area (Å²) in [7, 11) is 3.10. The summed E-state index contributed by atoms with van der Waals surface area (Å²) in [5, 5.41) is 7.16. The van der Waals surface area contributed by atoms with Gasteiger partial charge in [0.05, 0.1) is 20.4 Å². The lowest BCUT2D eigenvalue weighted by atomic mass is 10.0. The average Bonchev–Trinajstić information content (AvgIpc) is 2.71. The van der Waals surface area contributed by atoms with E-state index in [2.05, 4.69) is 15.8 Å². The molecule has 0 spiro atoms. The maximum Gasteiger partial charge on any atom is 0.262 e. The van der Waals surface area contributed by atoms with Gasteiger partial charge in [-0.05, 0) is 42.3 Å². The highest BCUT2D eigenvalue weighted by Crippen LogP contribution is 2.22. The van der Waals surface area contributed by atoms with Crippen molar-refractivity contribution in [1.29, 1.82) is 0 Å². The molecule has 1 atom stereocenters. The normalized spacial score (nSPS) is 11.9. The van der Waals surface area contributed by atoms with Crippen LogP contribution in [0.15, 0.2) is 47.6 Å². The van der Waals surface area contributed by atoms with Crippen LogP contribution in [0.25, 0.3) is 0 Å². The molecule has 0 aliphatic rings. The Morgan fingerprint density at radius 3 is 2.48 bits per heavy atom. The molecule has 0 saturated carbocycles. The maximum atomic E-state index is 12.6. The first-order valence-corrected chi connectivity index (χ1v) is 9.35. The number of rotatable bonds is 8. The molecule has 0 heterocycles. The molecule has 2 amide bonds. The van der Waals surface area contributed by atoms with E-state index < -0.39 is 11.9 Å². The summed E-state index contributed by atoms with van der Waals surface area (Å²) in [6.07, 6.45) is 1.45. The second-order valence-electron chi connectivity index (χ2n) is 6.55. The molecule has 2 aromatic carbocycles. The third kappa shape index (κ3) is 6.22. The SMILES string of the molecule is COc1ccc(OC)c(C=NNC(=O)C(NC(=O)c2cccc(Cl)c2)C(C)C)c1. The largest absolute Gasteiger partial charge is 0.497 e. The third-order valence-electron chi connectivity index (χ3n) is 4.14. The molecule has 154 valence electrons. The summed E-state index contributed by atoms with van der Waals surface area (Å²) in [6.45, 7) is 3.66. The van der Waals surface area contributed by atoms with Crippen molar-refractivity contribution in [2.45, 2.75) is 19.9 Å². The van der Waals surface area contributed by atoms with Gasteiger partial charge in [0, 0.05) is 16.1 Å².